The average Bonchev–Trinajstić information content (AvgIpc) is 3.20. The van der Waals surface area contributed by atoms with Crippen LogP contribution in [0.5, 0.6) is 0 Å². The van der Waals surface area contributed by atoms with Crippen molar-refractivity contribution >= 4 is 62.2 Å². The number of carboxylic acids is 1. The maximum absolute atomic E-state index is 12.8. The molecule has 0 saturated carbocycles. The number of carboxylic acid groups (broad SMARTS) is 1. The van der Waals surface area contributed by atoms with Gasteiger partial charge in [0.2, 0.25) is 0 Å². The van der Waals surface area contributed by atoms with Crippen molar-refractivity contribution in [2.24, 2.45) is 0 Å². The number of anilines is 2. The van der Waals surface area contributed by atoms with E-state index < -0.39 is 17.8 Å². The summed E-state index contributed by atoms with van der Waals surface area (Å²) < 4.78 is 0.952. The molecule has 0 aliphatic heterocycles. The number of fused-ring (bicyclic) bond motifs is 1. The summed E-state index contributed by atoms with van der Waals surface area (Å²) in [7, 11) is 0. The quantitative estimate of drug-likeness (QED) is 0.360. The van der Waals surface area contributed by atoms with Crippen molar-refractivity contribution in [2.75, 3.05) is 10.6 Å². The number of thiophene rings is 1. The molecule has 8 heteroatoms. The number of hydrogen-bond acceptors (Lipinski definition) is 4. The van der Waals surface area contributed by atoms with Crippen molar-refractivity contribution in [2.45, 2.75) is 0 Å². The summed E-state index contributed by atoms with van der Waals surface area (Å²) in [6.07, 6.45) is 0. The minimum absolute atomic E-state index is 0.0466. The zero-order chi connectivity index (χ0) is 22.0. The highest BCUT2D eigenvalue weighted by Gasteiger charge is 2.18. The lowest BCUT2D eigenvalue weighted by Gasteiger charge is -2.12. The average molecular weight is 451 g/mol. The first-order chi connectivity index (χ1) is 14.9. The fraction of sp³-hybridized carbons (Fsp3) is 0. The van der Waals surface area contributed by atoms with Crippen LogP contribution in [0.3, 0.4) is 0 Å². The van der Waals surface area contributed by atoms with E-state index in [1.165, 1.54) is 29.5 Å². The third-order valence-corrected chi connectivity index (χ3v) is 5.88. The van der Waals surface area contributed by atoms with Crippen molar-refractivity contribution in [3.63, 3.8) is 0 Å². The highest BCUT2D eigenvalue weighted by atomic mass is 35.5. The summed E-state index contributed by atoms with van der Waals surface area (Å²) in [5.41, 5.74) is 0.705. The van der Waals surface area contributed by atoms with Gasteiger partial charge >= 0.3 is 5.97 Å². The summed E-state index contributed by atoms with van der Waals surface area (Å²) in [4.78, 5) is 37.5. The van der Waals surface area contributed by atoms with E-state index in [1.54, 1.807) is 30.3 Å². The number of amides is 2. The molecule has 3 N–H and O–H groups in total. The molecule has 154 valence electrons. The second kappa shape index (κ2) is 8.59. The molecular weight excluding hydrogens is 436 g/mol. The molecule has 0 aliphatic carbocycles. The summed E-state index contributed by atoms with van der Waals surface area (Å²) in [6.45, 7) is 0. The van der Waals surface area contributed by atoms with Gasteiger partial charge in [-0.2, -0.15) is 0 Å². The van der Waals surface area contributed by atoms with E-state index in [-0.39, 0.29) is 16.8 Å². The van der Waals surface area contributed by atoms with Gasteiger partial charge in [-0.15, -0.1) is 11.3 Å². The number of halogens is 1. The van der Waals surface area contributed by atoms with Crippen LogP contribution in [0.2, 0.25) is 5.02 Å². The lowest BCUT2D eigenvalue weighted by molar-refractivity contribution is 0.0696. The van der Waals surface area contributed by atoms with Gasteiger partial charge in [-0.3, -0.25) is 9.59 Å². The second-order valence-corrected chi connectivity index (χ2v) is 8.15. The Bertz CT molecular complexity index is 1280. The number of hydrogen-bond donors (Lipinski definition) is 3. The molecular formula is C23H15ClN2O4S. The Kier molecular flexibility index (Phi) is 5.70. The van der Waals surface area contributed by atoms with Crippen LogP contribution in [0.1, 0.15) is 30.4 Å². The van der Waals surface area contributed by atoms with Crippen molar-refractivity contribution in [1.82, 2.24) is 0 Å². The van der Waals surface area contributed by atoms with Gasteiger partial charge in [-0.25, -0.2) is 4.79 Å². The number of rotatable bonds is 5. The fourth-order valence-electron chi connectivity index (χ4n) is 2.99. The molecule has 1 aromatic heterocycles. The van der Waals surface area contributed by atoms with Crippen LogP contribution in [0.4, 0.5) is 11.4 Å². The van der Waals surface area contributed by atoms with E-state index in [2.05, 4.69) is 10.6 Å². The van der Waals surface area contributed by atoms with Crippen LogP contribution in [0.25, 0.3) is 10.1 Å². The maximum Gasteiger partial charge on any atom is 0.335 e. The smallest absolute Gasteiger partial charge is 0.335 e. The topological polar surface area (TPSA) is 95.5 Å². The molecule has 0 aliphatic rings. The number of carbonyl (C=O) groups excluding carboxylic acids is 2. The van der Waals surface area contributed by atoms with Crippen molar-refractivity contribution in [1.29, 1.82) is 0 Å². The van der Waals surface area contributed by atoms with Gasteiger partial charge in [0.05, 0.1) is 21.7 Å². The fourth-order valence-corrected chi connectivity index (χ4v) is 4.07. The predicted octanol–water partition coefficient (Wildman–Crippen LogP) is 5.76. The molecule has 6 nitrogen and oxygen atoms in total. The number of carbonyl (C=O) groups is 3. The summed E-state index contributed by atoms with van der Waals surface area (Å²) >= 11 is 7.18. The normalized spacial score (nSPS) is 10.6. The van der Waals surface area contributed by atoms with Gasteiger partial charge in [0.15, 0.2) is 0 Å². The zero-order valence-electron chi connectivity index (χ0n) is 15.9. The molecule has 1 heterocycles. The Hall–Kier alpha value is -3.68. The third-order valence-electron chi connectivity index (χ3n) is 4.51. The van der Waals surface area contributed by atoms with Gasteiger partial charge < -0.3 is 15.7 Å². The summed E-state index contributed by atoms with van der Waals surface area (Å²) in [5.74, 6) is -2.09. The third kappa shape index (κ3) is 4.58. The van der Waals surface area contributed by atoms with Gasteiger partial charge in [0, 0.05) is 15.4 Å². The minimum Gasteiger partial charge on any atom is -0.478 e. The van der Waals surface area contributed by atoms with Crippen molar-refractivity contribution in [3.8, 4) is 0 Å². The van der Waals surface area contributed by atoms with E-state index in [0.29, 0.717) is 15.6 Å². The van der Waals surface area contributed by atoms with Crippen molar-refractivity contribution < 1.29 is 19.5 Å². The largest absolute Gasteiger partial charge is 0.478 e. The van der Waals surface area contributed by atoms with Gasteiger partial charge in [0.25, 0.3) is 11.8 Å². The Morgan fingerprint density at radius 3 is 2.29 bits per heavy atom. The van der Waals surface area contributed by atoms with Crippen molar-refractivity contribution in [3.05, 3.63) is 93.8 Å². The SMILES string of the molecule is O=C(O)c1ccc(C(=O)Nc2ccc(Cl)cc2)c(NC(=O)c2cc3ccccc3s2)c1. The Morgan fingerprint density at radius 1 is 0.839 bits per heavy atom. The number of benzene rings is 3. The van der Waals surface area contributed by atoms with E-state index in [1.807, 2.05) is 24.3 Å². The highest BCUT2D eigenvalue weighted by Crippen LogP contribution is 2.27. The summed E-state index contributed by atoms with van der Waals surface area (Å²) in [6, 6.07) is 19.8. The van der Waals surface area contributed by atoms with E-state index >= 15 is 0 Å². The lowest BCUT2D eigenvalue weighted by Crippen LogP contribution is -2.18. The number of aromatic carboxylic acids is 1. The first-order valence-electron chi connectivity index (χ1n) is 9.15. The maximum atomic E-state index is 12.8. The summed E-state index contributed by atoms with van der Waals surface area (Å²) in [5, 5.41) is 16.2. The standard InChI is InChI=1S/C23H15ClN2O4S/c24-15-6-8-16(9-7-15)25-21(27)17-10-5-14(23(29)30)11-18(17)26-22(28)20-12-13-3-1-2-4-19(13)31-20/h1-12H,(H,25,27)(H,26,28)(H,29,30). The first kappa shape index (κ1) is 20.6. The monoisotopic (exact) mass is 450 g/mol. The van der Waals surface area contributed by atoms with Gasteiger partial charge in [-0.05, 0) is 60.0 Å². The second-order valence-electron chi connectivity index (χ2n) is 6.63. The highest BCUT2D eigenvalue weighted by molar-refractivity contribution is 7.20. The molecule has 0 atom stereocenters. The zero-order valence-corrected chi connectivity index (χ0v) is 17.5. The van der Waals surface area contributed by atoms with E-state index in [0.717, 1.165) is 10.1 Å². The van der Waals surface area contributed by atoms with Crippen LogP contribution in [0, 0.1) is 0 Å². The van der Waals surface area contributed by atoms with Crippen LogP contribution in [-0.2, 0) is 0 Å². The molecule has 2 amide bonds. The Morgan fingerprint density at radius 2 is 1.58 bits per heavy atom. The van der Waals surface area contributed by atoms with Gasteiger partial charge in [0.1, 0.15) is 0 Å². The molecule has 0 radical (unpaired) electrons. The molecule has 4 aromatic rings. The van der Waals surface area contributed by atoms with Crippen LogP contribution in [-0.4, -0.2) is 22.9 Å². The van der Waals surface area contributed by atoms with Crippen LogP contribution in [0.15, 0.2) is 72.8 Å². The molecule has 3 aromatic carbocycles. The molecule has 4 rings (SSSR count). The molecule has 0 bridgehead atoms. The molecule has 0 fully saturated rings. The van der Waals surface area contributed by atoms with Crippen LogP contribution >= 0.6 is 22.9 Å². The molecule has 0 unspecified atom stereocenters. The first-order valence-corrected chi connectivity index (χ1v) is 10.3. The Balaban J connectivity index is 1.64. The van der Waals surface area contributed by atoms with E-state index in [4.69, 9.17) is 11.6 Å². The van der Waals surface area contributed by atoms with Gasteiger partial charge in [-0.1, -0.05) is 29.8 Å². The van der Waals surface area contributed by atoms with Crippen LogP contribution < -0.4 is 10.6 Å². The molecule has 0 saturated heterocycles. The van der Waals surface area contributed by atoms with E-state index in [9.17, 15) is 19.5 Å². The lowest BCUT2D eigenvalue weighted by atomic mass is 10.1. The number of nitrogens with one attached hydrogen (secondary N) is 2. The minimum atomic E-state index is -1.16. The predicted molar refractivity (Wildman–Crippen MR) is 123 cm³/mol. The molecule has 31 heavy (non-hydrogen) atoms. The molecule has 0 spiro atoms. The Labute approximate surface area is 186 Å².